The van der Waals surface area contributed by atoms with Gasteiger partial charge in [-0.25, -0.2) is 0 Å². The van der Waals surface area contributed by atoms with Crippen LogP contribution in [0.15, 0.2) is 30.3 Å². The molecule has 1 amide bonds. The highest BCUT2D eigenvalue weighted by Crippen LogP contribution is 2.37. The SMILES string of the molecule is CC(=O)NC[C@H]1[C@H]2OC(C)(C)O[C@H]2CN1Cc1ccccc1. The molecule has 1 N–H and O–H groups in total. The Morgan fingerprint density at radius 2 is 2.05 bits per heavy atom. The quantitative estimate of drug-likeness (QED) is 0.916. The highest BCUT2D eigenvalue weighted by Gasteiger charge is 2.52. The Hall–Kier alpha value is -1.43. The van der Waals surface area contributed by atoms with Crippen molar-refractivity contribution in [2.75, 3.05) is 13.1 Å². The predicted octanol–water partition coefficient (Wildman–Crippen LogP) is 1.53. The zero-order valence-electron chi connectivity index (χ0n) is 13.4. The van der Waals surface area contributed by atoms with Crippen LogP contribution in [0.4, 0.5) is 0 Å². The van der Waals surface area contributed by atoms with Gasteiger partial charge in [0.2, 0.25) is 5.91 Å². The van der Waals surface area contributed by atoms with Crippen LogP contribution in [0.2, 0.25) is 0 Å². The van der Waals surface area contributed by atoms with Gasteiger partial charge in [-0.05, 0) is 19.4 Å². The van der Waals surface area contributed by atoms with Gasteiger partial charge in [-0.3, -0.25) is 9.69 Å². The highest BCUT2D eigenvalue weighted by molar-refractivity contribution is 5.72. The molecule has 2 aliphatic heterocycles. The first-order valence-corrected chi connectivity index (χ1v) is 7.83. The van der Waals surface area contributed by atoms with Crippen LogP contribution in [0, 0.1) is 0 Å². The first kappa shape index (κ1) is 15.5. The smallest absolute Gasteiger partial charge is 0.216 e. The fraction of sp³-hybridized carbons (Fsp3) is 0.588. The van der Waals surface area contributed by atoms with E-state index in [1.165, 1.54) is 5.56 Å². The summed E-state index contributed by atoms with van der Waals surface area (Å²) in [6.45, 7) is 7.69. The summed E-state index contributed by atoms with van der Waals surface area (Å²) in [6.07, 6.45) is 0.0723. The maximum atomic E-state index is 11.3. The normalized spacial score (nSPS) is 30.2. The van der Waals surface area contributed by atoms with Crippen LogP contribution in [0.3, 0.4) is 0 Å². The molecule has 0 aromatic heterocycles. The molecule has 2 heterocycles. The Kier molecular flexibility index (Phi) is 4.21. The van der Waals surface area contributed by atoms with Gasteiger partial charge in [0, 0.05) is 26.6 Å². The summed E-state index contributed by atoms with van der Waals surface area (Å²) >= 11 is 0. The lowest BCUT2D eigenvalue weighted by Gasteiger charge is -2.29. The first-order chi connectivity index (χ1) is 10.4. The van der Waals surface area contributed by atoms with Gasteiger partial charge >= 0.3 is 0 Å². The minimum absolute atomic E-state index is 0.00515. The van der Waals surface area contributed by atoms with E-state index in [0.717, 1.165) is 13.1 Å². The highest BCUT2D eigenvalue weighted by atomic mass is 16.8. The maximum Gasteiger partial charge on any atom is 0.216 e. The van der Waals surface area contributed by atoms with Gasteiger partial charge in [0.15, 0.2) is 5.79 Å². The number of nitrogens with zero attached hydrogens (tertiary/aromatic N) is 1. The molecular weight excluding hydrogens is 280 g/mol. The molecule has 3 atom stereocenters. The Labute approximate surface area is 131 Å². The van der Waals surface area contributed by atoms with Crippen molar-refractivity contribution in [3.8, 4) is 0 Å². The van der Waals surface area contributed by atoms with E-state index < -0.39 is 5.79 Å². The minimum Gasteiger partial charge on any atom is -0.355 e. The van der Waals surface area contributed by atoms with Gasteiger partial charge in [0.1, 0.15) is 12.2 Å². The fourth-order valence-electron chi connectivity index (χ4n) is 3.40. The topological polar surface area (TPSA) is 50.8 Å². The number of benzene rings is 1. The van der Waals surface area contributed by atoms with Crippen molar-refractivity contribution >= 4 is 5.91 Å². The maximum absolute atomic E-state index is 11.3. The average molecular weight is 304 g/mol. The molecule has 1 aromatic rings. The molecule has 2 saturated heterocycles. The molecular formula is C17H24N2O3. The van der Waals surface area contributed by atoms with Crippen LogP contribution in [-0.2, 0) is 20.8 Å². The van der Waals surface area contributed by atoms with E-state index in [4.69, 9.17) is 9.47 Å². The largest absolute Gasteiger partial charge is 0.355 e. The summed E-state index contributed by atoms with van der Waals surface area (Å²) in [5.41, 5.74) is 1.26. The van der Waals surface area contributed by atoms with E-state index in [9.17, 15) is 4.79 Å². The van der Waals surface area contributed by atoms with E-state index >= 15 is 0 Å². The number of hydrogen-bond acceptors (Lipinski definition) is 4. The molecule has 0 radical (unpaired) electrons. The first-order valence-electron chi connectivity index (χ1n) is 7.83. The van der Waals surface area contributed by atoms with E-state index in [2.05, 4.69) is 22.3 Å². The molecule has 22 heavy (non-hydrogen) atoms. The average Bonchev–Trinajstić information content (AvgIpc) is 2.89. The van der Waals surface area contributed by atoms with Crippen molar-refractivity contribution in [1.29, 1.82) is 0 Å². The summed E-state index contributed by atoms with van der Waals surface area (Å²) in [6, 6.07) is 10.5. The zero-order valence-corrected chi connectivity index (χ0v) is 13.4. The molecule has 5 heteroatoms. The van der Waals surface area contributed by atoms with Crippen molar-refractivity contribution in [2.24, 2.45) is 0 Å². The van der Waals surface area contributed by atoms with Crippen LogP contribution in [0.25, 0.3) is 0 Å². The van der Waals surface area contributed by atoms with Gasteiger partial charge in [0.05, 0.1) is 6.04 Å². The van der Waals surface area contributed by atoms with Crippen molar-refractivity contribution in [2.45, 2.75) is 51.4 Å². The summed E-state index contributed by atoms with van der Waals surface area (Å²) in [7, 11) is 0. The zero-order chi connectivity index (χ0) is 15.7. The third-order valence-electron chi connectivity index (χ3n) is 4.27. The molecule has 0 bridgehead atoms. The summed E-state index contributed by atoms with van der Waals surface area (Å²) in [5, 5.41) is 2.93. The Bertz CT molecular complexity index is 532. The van der Waals surface area contributed by atoms with E-state index in [1.54, 1.807) is 6.92 Å². The number of amides is 1. The molecule has 2 aliphatic rings. The number of nitrogens with one attached hydrogen (secondary N) is 1. The number of fused-ring (bicyclic) bond motifs is 1. The number of hydrogen-bond donors (Lipinski definition) is 1. The van der Waals surface area contributed by atoms with E-state index in [0.29, 0.717) is 6.54 Å². The van der Waals surface area contributed by atoms with Crippen LogP contribution in [0.5, 0.6) is 0 Å². The van der Waals surface area contributed by atoms with Crippen LogP contribution in [0.1, 0.15) is 26.3 Å². The molecule has 0 spiro atoms. The van der Waals surface area contributed by atoms with Gasteiger partial charge in [-0.1, -0.05) is 30.3 Å². The number of ether oxygens (including phenoxy) is 2. The third kappa shape index (κ3) is 3.32. The second-order valence-electron chi connectivity index (χ2n) is 6.56. The fourth-order valence-corrected chi connectivity index (χ4v) is 3.40. The summed E-state index contributed by atoms with van der Waals surface area (Å²) < 4.78 is 12.1. The van der Waals surface area contributed by atoms with Crippen molar-refractivity contribution in [3.63, 3.8) is 0 Å². The summed E-state index contributed by atoms with van der Waals surface area (Å²) in [5.74, 6) is -0.552. The monoisotopic (exact) mass is 304 g/mol. The van der Waals surface area contributed by atoms with Crippen molar-refractivity contribution in [1.82, 2.24) is 10.2 Å². The summed E-state index contributed by atoms with van der Waals surface area (Å²) in [4.78, 5) is 13.6. The van der Waals surface area contributed by atoms with Crippen LogP contribution in [-0.4, -0.2) is 47.9 Å². The lowest BCUT2D eigenvalue weighted by molar-refractivity contribution is -0.161. The molecule has 5 nitrogen and oxygen atoms in total. The number of rotatable bonds is 4. The lowest BCUT2D eigenvalue weighted by Crippen LogP contribution is -2.45. The Morgan fingerprint density at radius 3 is 2.73 bits per heavy atom. The molecule has 0 unspecified atom stereocenters. The predicted molar refractivity (Wildman–Crippen MR) is 83.1 cm³/mol. The molecule has 2 fully saturated rings. The van der Waals surface area contributed by atoms with Gasteiger partial charge in [-0.2, -0.15) is 0 Å². The molecule has 120 valence electrons. The van der Waals surface area contributed by atoms with Crippen molar-refractivity contribution < 1.29 is 14.3 Å². The van der Waals surface area contributed by atoms with Gasteiger partial charge in [0.25, 0.3) is 0 Å². The van der Waals surface area contributed by atoms with Crippen LogP contribution >= 0.6 is 0 Å². The van der Waals surface area contributed by atoms with E-state index in [1.807, 2.05) is 32.0 Å². The molecule has 0 aliphatic carbocycles. The minimum atomic E-state index is -0.539. The molecule has 0 saturated carbocycles. The Balaban J connectivity index is 1.73. The van der Waals surface area contributed by atoms with Crippen LogP contribution < -0.4 is 5.32 Å². The number of carbonyl (C=O) groups is 1. The molecule has 3 rings (SSSR count). The Morgan fingerprint density at radius 1 is 1.32 bits per heavy atom. The second kappa shape index (κ2) is 5.99. The second-order valence-corrected chi connectivity index (χ2v) is 6.56. The third-order valence-corrected chi connectivity index (χ3v) is 4.27. The van der Waals surface area contributed by atoms with Gasteiger partial charge in [-0.15, -0.1) is 0 Å². The molecule has 1 aromatic carbocycles. The van der Waals surface area contributed by atoms with Gasteiger partial charge < -0.3 is 14.8 Å². The lowest BCUT2D eigenvalue weighted by atomic mass is 10.1. The standard InChI is InChI=1S/C17H24N2O3/c1-12(20)18-9-14-16-15(21-17(2,3)22-16)11-19(14)10-13-7-5-4-6-8-13/h4-8,14-16H,9-11H2,1-3H3,(H,18,20)/t14-,15-,16+/m0/s1. The number of carbonyl (C=O) groups excluding carboxylic acids is 1. The number of likely N-dealkylation sites (tertiary alicyclic amines) is 1. The van der Waals surface area contributed by atoms with E-state index in [-0.39, 0.29) is 24.2 Å². The van der Waals surface area contributed by atoms with Crippen molar-refractivity contribution in [3.05, 3.63) is 35.9 Å².